The van der Waals surface area contributed by atoms with Crippen molar-refractivity contribution < 1.29 is 20.8 Å². The van der Waals surface area contributed by atoms with E-state index < -0.39 is 20.8 Å². The van der Waals surface area contributed by atoms with Crippen LogP contribution >= 0.6 is 17.0 Å². The molecule has 1 atom stereocenters. The average Bonchev–Trinajstić information content (AvgIpc) is 2.19. The molecule has 1 rings (SSSR count). The van der Waals surface area contributed by atoms with Gasteiger partial charge in [0.15, 0.2) is 0 Å². The van der Waals surface area contributed by atoms with Crippen LogP contribution in [0.2, 0.25) is 0 Å². The van der Waals surface area contributed by atoms with Crippen molar-refractivity contribution in [3.05, 3.63) is 23.8 Å². The van der Waals surface area contributed by atoms with E-state index >= 15 is 0 Å². The van der Waals surface area contributed by atoms with Crippen LogP contribution in [0.5, 0.6) is 0 Å². The Labute approximate surface area is 81.0 Å². The predicted octanol–water partition coefficient (Wildman–Crippen LogP) is 3.52. The molecule has 0 saturated heterocycles. The van der Waals surface area contributed by atoms with Crippen LogP contribution in [0.4, 0.5) is 0 Å². The first kappa shape index (κ1) is 10.9. The first-order valence-corrected chi connectivity index (χ1v) is 9.36. The number of halogens is 2. The maximum atomic E-state index is 4.93. The van der Waals surface area contributed by atoms with Crippen LogP contribution in [0.1, 0.15) is 13.8 Å². The van der Waals surface area contributed by atoms with E-state index in [4.69, 9.17) is 17.0 Å². The zero-order valence-electron chi connectivity index (χ0n) is 6.07. The third kappa shape index (κ3) is 4.71. The van der Waals surface area contributed by atoms with Gasteiger partial charge in [0.1, 0.15) is 0 Å². The molecule has 0 saturated carbocycles. The molecule has 0 radical (unpaired) electrons. The van der Waals surface area contributed by atoms with E-state index in [-0.39, 0.29) is 0 Å². The Kier molecular flexibility index (Phi) is 7.27. The molecule has 1 aliphatic carbocycles. The van der Waals surface area contributed by atoms with Gasteiger partial charge in [0, 0.05) is 0 Å². The molecule has 1 aliphatic rings. The zero-order chi connectivity index (χ0) is 7.98. The van der Waals surface area contributed by atoms with Gasteiger partial charge in [-0.3, -0.25) is 0 Å². The van der Waals surface area contributed by atoms with Gasteiger partial charge >= 0.3 is 37.9 Å². The molecular weight excluding hydrogens is 246 g/mol. The molecule has 0 fully saturated rings. The fourth-order valence-electron chi connectivity index (χ4n) is 0.678. The minimum atomic E-state index is -0.826. The van der Waals surface area contributed by atoms with Crippen molar-refractivity contribution in [3.8, 4) is 0 Å². The van der Waals surface area contributed by atoms with Gasteiger partial charge in [-0.05, 0) is 12.8 Å². The molecule has 0 nitrogen and oxygen atoms in total. The van der Waals surface area contributed by atoms with E-state index in [0.717, 1.165) is 0 Å². The summed E-state index contributed by atoms with van der Waals surface area (Å²) >= 11 is -0.826. The van der Waals surface area contributed by atoms with Crippen LogP contribution in [0.25, 0.3) is 0 Å². The molecule has 1 unspecified atom stereocenters. The van der Waals surface area contributed by atoms with Crippen LogP contribution in [-0.2, 0) is 20.8 Å². The topological polar surface area (TPSA) is 0 Å². The SMILES string of the molecule is CC1=CC=CC1C.[Cl][Zr][Cl]. The van der Waals surface area contributed by atoms with Crippen LogP contribution in [0.3, 0.4) is 0 Å². The molecule has 56 valence electrons. The van der Waals surface area contributed by atoms with E-state index in [2.05, 4.69) is 32.1 Å². The van der Waals surface area contributed by atoms with Gasteiger partial charge < -0.3 is 0 Å². The summed E-state index contributed by atoms with van der Waals surface area (Å²) in [7, 11) is 9.87. The van der Waals surface area contributed by atoms with Crippen molar-refractivity contribution in [1.29, 1.82) is 0 Å². The fraction of sp³-hybridized carbons (Fsp3) is 0.429. The van der Waals surface area contributed by atoms with Crippen molar-refractivity contribution >= 4 is 17.0 Å². The maximum absolute atomic E-state index is 4.93. The number of allylic oxidation sites excluding steroid dienone is 4. The molecule has 0 aromatic rings. The van der Waals surface area contributed by atoms with Crippen LogP contribution in [-0.4, -0.2) is 0 Å². The Balaban J connectivity index is 0.000000236. The van der Waals surface area contributed by atoms with Gasteiger partial charge in [-0.15, -0.1) is 0 Å². The summed E-state index contributed by atoms with van der Waals surface area (Å²) in [6.45, 7) is 4.36. The van der Waals surface area contributed by atoms with Crippen LogP contribution in [0.15, 0.2) is 23.8 Å². The molecule has 0 aliphatic heterocycles. The van der Waals surface area contributed by atoms with Crippen molar-refractivity contribution in [3.63, 3.8) is 0 Å². The summed E-state index contributed by atoms with van der Waals surface area (Å²) in [6, 6.07) is 0. The van der Waals surface area contributed by atoms with Crippen LogP contribution in [0, 0.1) is 5.92 Å². The quantitative estimate of drug-likeness (QED) is 0.622. The minimum absolute atomic E-state index is 0.694. The number of hydrogen-bond donors (Lipinski definition) is 0. The summed E-state index contributed by atoms with van der Waals surface area (Å²) in [5.74, 6) is 0.694. The van der Waals surface area contributed by atoms with E-state index in [9.17, 15) is 0 Å². The van der Waals surface area contributed by atoms with Gasteiger partial charge in [-0.25, -0.2) is 0 Å². The summed E-state index contributed by atoms with van der Waals surface area (Å²) in [4.78, 5) is 0. The molecule has 10 heavy (non-hydrogen) atoms. The van der Waals surface area contributed by atoms with Gasteiger partial charge in [-0.2, -0.15) is 0 Å². The standard InChI is InChI=1S/C7H10.2ClH.Zr/c1-6-4-3-5-7(6)2;;;/h3-6H,1-2H3;2*1H;/q;;;+2/p-2. The Hall–Kier alpha value is 0.943. The van der Waals surface area contributed by atoms with Crippen LogP contribution < -0.4 is 0 Å². The van der Waals surface area contributed by atoms with Crippen molar-refractivity contribution in [1.82, 2.24) is 0 Å². The second kappa shape index (κ2) is 6.64. The normalized spacial score (nSPS) is 21.2. The molecule has 0 aromatic heterocycles. The number of hydrogen-bond acceptors (Lipinski definition) is 0. The Morgan fingerprint density at radius 2 is 2.00 bits per heavy atom. The summed E-state index contributed by atoms with van der Waals surface area (Å²) in [5.41, 5.74) is 1.47. The Morgan fingerprint density at radius 1 is 1.50 bits per heavy atom. The zero-order valence-corrected chi connectivity index (χ0v) is 10.0. The molecule has 0 bridgehead atoms. The summed E-state index contributed by atoms with van der Waals surface area (Å²) in [5, 5.41) is 0. The third-order valence-electron chi connectivity index (χ3n) is 1.48. The molecule has 0 amide bonds. The van der Waals surface area contributed by atoms with E-state index in [0.29, 0.717) is 5.92 Å². The van der Waals surface area contributed by atoms with E-state index in [1.807, 2.05) is 0 Å². The first-order chi connectivity index (χ1) is 4.72. The monoisotopic (exact) mass is 254 g/mol. The predicted molar refractivity (Wildman–Crippen MR) is 43.8 cm³/mol. The second-order valence-corrected chi connectivity index (χ2v) is 5.89. The number of rotatable bonds is 0. The third-order valence-corrected chi connectivity index (χ3v) is 1.48. The second-order valence-electron chi connectivity index (χ2n) is 2.16. The first-order valence-electron chi connectivity index (χ1n) is 3.03. The summed E-state index contributed by atoms with van der Waals surface area (Å²) < 4.78 is 0. The van der Waals surface area contributed by atoms with Crippen molar-refractivity contribution in [2.45, 2.75) is 13.8 Å². The molecular formula is C7H10Cl2Zr. The molecule has 3 heteroatoms. The van der Waals surface area contributed by atoms with Gasteiger partial charge in [0.05, 0.1) is 0 Å². The van der Waals surface area contributed by atoms with Gasteiger partial charge in [0.2, 0.25) is 0 Å². The molecule has 0 spiro atoms. The summed E-state index contributed by atoms with van der Waals surface area (Å²) in [6.07, 6.45) is 6.47. The van der Waals surface area contributed by atoms with E-state index in [1.54, 1.807) is 0 Å². The Bertz CT molecular complexity index is 141. The van der Waals surface area contributed by atoms with Gasteiger partial charge in [-0.1, -0.05) is 30.7 Å². The molecule has 0 N–H and O–H groups in total. The Morgan fingerprint density at radius 3 is 2.10 bits per heavy atom. The van der Waals surface area contributed by atoms with Crippen molar-refractivity contribution in [2.24, 2.45) is 5.92 Å². The molecule has 0 aromatic carbocycles. The average molecular weight is 256 g/mol. The van der Waals surface area contributed by atoms with Crippen molar-refractivity contribution in [2.75, 3.05) is 0 Å². The van der Waals surface area contributed by atoms with E-state index in [1.165, 1.54) is 5.57 Å². The van der Waals surface area contributed by atoms with Gasteiger partial charge in [0.25, 0.3) is 0 Å². The molecule has 0 heterocycles. The fourth-order valence-corrected chi connectivity index (χ4v) is 0.678.